The van der Waals surface area contributed by atoms with Gasteiger partial charge in [-0.15, -0.1) is 0 Å². The van der Waals surface area contributed by atoms with Crippen molar-refractivity contribution in [2.45, 2.75) is 49.4 Å². The van der Waals surface area contributed by atoms with E-state index in [4.69, 9.17) is 15.4 Å². The Morgan fingerprint density at radius 2 is 1.93 bits per heavy atom. The van der Waals surface area contributed by atoms with Gasteiger partial charge >= 0.3 is 0 Å². The molecule has 0 aromatic rings. The lowest BCUT2D eigenvalue weighted by Gasteiger charge is -2.36. The summed E-state index contributed by atoms with van der Waals surface area (Å²) in [7, 11) is 1.99. The van der Waals surface area contributed by atoms with E-state index in [0.29, 0.717) is 19.4 Å². The Labute approximate surface area is 89.2 Å². The van der Waals surface area contributed by atoms with E-state index in [-0.39, 0.29) is 5.60 Å². The van der Waals surface area contributed by atoms with Gasteiger partial charge in [-0.05, 0) is 25.7 Å². The van der Waals surface area contributed by atoms with Crippen LogP contribution in [0.4, 0.5) is 0 Å². The summed E-state index contributed by atoms with van der Waals surface area (Å²) in [5.41, 5.74) is -0.162. The van der Waals surface area contributed by atoms with Gasteiger partial charge in [0.1, 0.15) is 0 Å². The van der Waals surface area contributed by atoms with Crippen LogP contribution in [0.2, 0.25) is 0 Å². The predicted octanol–water partition coefficient (Wildman–Crippen LogP) is 2.05. The van der Waals surface area contributed by atoms with Crippen molar-refractivity contribution in [1.29, 1.82) is 0 Å². The Morgan fingerprint density at radius 1 is 1.29 bits per heavy atom. The third-order valence-electron chi connectivity index (χ3n) is 3.36. The van der Waals surface area contributed by atoms with Crippen LogP contribution in [0.5, 0.6) is 0 Å². The van der Waals surface area contributed by atoms with Crippen molar-refractivity contribution in [2.75, 3.05) is 6.61 Å². The molecule has 1 heterocycles. The molecule has 1 aliphatic carbocycles. The molecule has 82 valence electrons. The molecule has 2 aliphatic rings. The smallest absolute Gasteiger partial charge is 0.235 e. The second-order valence-corrected chi connectivity index (χ2v) is 7.24. The maximum absolute atomic E-state index is 11.2. The zero-order chi connectivity index (χ0) is 10.2. The van der Waals surface area contributed by atoms with Crippen molar-refractivity contribution in [2.24, 2.45) is 0 Å². The highest BCUT2D eigenvalue weighted by Gasteiger charge is 2.43. The Balaban J connectivity index is 2.11. The standard InChI is InChI=1S/C9H15ClO3S/c10-14(11,12)8-3-6-13-9(7-8)4-1-2-5-9/h8H,1-7H2. The Kier molecular flexibility index (Phi) is 2.79. The highest BCUT2D eigenvalue weighted by Crippen LogP contribution is 2.42. The van der Waals surface area contributed by atoms with E-state index in [2.05, 4.69) is 0 Å². The van der Waals surface area contributed by atoms with Crippen molar-refractivity contribution in [1.82, 2.24) is 0 Å². The molecule has 2 rings (SSSR count). The number of rotatable bonds is 1. The lowest BCUT2D eigenvalue weighted by molar-refractivity contribution is -0.0711. The fourth-order valence-corrected chi connectivity index (χ4v) is 3.93. The molecule has 0 radical (unpaired) electrons. The van der Waals surface area contributed by atoms with E-state index >= 15 is 0 Å². The van der Waals surface area contributed by atoms with Crippen LogP contribution >= 0.6 is 10.7 Å². The molecule has 0 amide bonds. The highest BCUT2D eigenvalue weighted by molar-refractivity contribution is 8.14. The summed E-state index contributed by atoms with van der Waals surface area (Å²) in [6, 6.07) is 0. The highest BCUT2D eigenvalue weighted by atomic mass is 35.7. The van der Waals surface area contributed by atoms with Gasteiger partial charge in [0.15, 0.2) is 0 Å². The first-order valence-electron chi connectivity index (χ1n) is 5.09. The van der Waals surface area contributed by atoms with Gasteiger partial charge in [-0.25, -0.2) is 8.42 Å². The van der Waals surface area contributed by atoms with Gasteiger partial charge in [0, 0.05) is 17.3 Å². The second-order valence-electron chi connectivity index (χ2n) is 4.33. The van der Waals surface area contributed by atoms with E-state index in [1.807, 2.05) is 0 Å². The summed E-state index contributed by atoms with van der Waals surface area (Å²) >= 11 is 0. The van der Waals surface area contributed by atoms with Crippen LogP contribution in [0, 0.1) is 0 Å². The van der Waals surface area contributed by atoms with Gasteiger partial charge in [-0.3, -0.25) is 0 Å². The first kappa shape index (κ1) is 10.7. The van der Waals surface area contributed by atoms with E-state index in [0.717, 1.165) is 25.7 Å². The van der Waals surface area contributed by atoms with Gasteiger partial charge in [-0.2, -0.15) is 0 Å². The molecular formula is C9H15ClO3S. The van der Waals surface area contributed by atoms with E-state index < -0.39 is 14.3 Å². The normalized spacial score (nSPS) is 32.2. The summed E-state index contributed by atoms with van der Waals surface area (Å²) in [4.78, 5) is 0. The third-order valence-corrected chi connectivity index (χ3v) is 5.32. The van der Waals surface area contributed by atoms with Crippen LogP contribution in [0.1, 0.15) is 38.5 Å². The van der Waals surface area contributed by atoms with Gasteiger partial charge in [-0.1, -0.05) is 12.8 Å². The molecule has 14 heavy (non-hydrogen) atoms. The molecule has 0 aromatic carbocycles. The predicted molar refractivity (Wildman–Crippen MR) is 54.9 cm³/mol. The second kappa shape index (κ2) is 3.65. The lowest BCUT2D eigenvalue weighted by atomic mass is 9.92. The van der Waals surface area contributed by atoms with Crippen molar-refractivity contribution < 1.29 is 13.2 Å². The Morgan fingerprint density at radius 3 is 2.50 bits per heavy atom. The lowest BCUT2D eigenvalue weighted by Crippen LogP contribution is -2.41. The zero-order valence-corrected chi connectivity index (χ0v) is 9.61. The van der Waals surface area contributed by atoms with Crippen LogP contribution in [0.3, 0.4) is 0 Å². The molecule has 1 unspecified atom stereocenters. The maximum atomic E-state index is 11.2. The molecule has 0 aromatic heterocycles. The van der Waals surface area contributed by atoms with Crippen LogP contribution < -0.4 is 0 Å². The van der Waals surface area contributed by atoms with Crippen molar-refractivity contribution >= 4 is 19.7 Å². The maximum Gasteiger partial charge on any atom is 0.235 e. The number of hydrogen-bond donors (Lipinski definition) is 0. The zero-order valence-electron chi connectivity index (χ0n) is 8.04. The summed E-state index contributed by atoms with van der Waals surface area (Å²) < 4.78 is 28.2. The monoisotopic (exact) mass is 238 g/mol. The Hall–Kier alpha value is 0.200. The largest absolute Gasteiger partial charge is 0.375 e. The average molecular weight is 239 g/mol. The fourth-order valence-electron chi connectivity index (χ4n) is 2.59. The average Bonchev–Trinajstić information content (AvgIpc) is 2.52. The van der Waals surface area contributed by atoms with Crippen LogP contribution in [0.15, 0.2) is 0 Å². The molecule has 0 N–H and O–H groups in total. The van der Waals surface area contributed by atoms with Crippen molar-refractivity contribution in [3.8, 4) is 0 Å². The van der Waals surface area contributed by atoms with Crippen molar-refractivity contribution in [3.05, 3.63) is 0 Å². The van der Waals surface area contributed by atoms with Gasteiger partial charge < -0.3 is 4.74 Å². The molecule has 3 nitrogen and oxygen atoms in total. The van der Waals surface area contributed by atoms with Crippen LogP contribution in [-0.2, 0) is 13.8 Å². The topological polar surface area (TPSA) is 43.4 Å². The van der Waals surface area contributed by atoms with E-state index in [1.165, 1.54) is 0 Å². The van der Waals surface area contributed by atoms with Crippen LogP contribution in [0.25, 0.3) is 0 Å². The van der Waals surface area contributed by atoms with Crippen LogP contribution in [-0.4, -0.2) is 25.9 Å². The fraction of sp³-hybridized carbons (Fsp3) is 1.00. The summed E-state index contributed by atoms with van der Waals surface area (Å²) in [6.07, 6.45) is 5.43. The molecule has 1 spiro atoms. The molecule has 5 heteroatoms. The van der Waals surface area contributed by atoms with Gasteiger partial charge in [0.25, 0.3) is 0 Å². The molecule has 2 fully saturated rings. The molecule has 1 aliphatic heterocycles. The molecule has 1 saturated heterocycles. The quantitative estimate of drug-likeness (QED) is 0.657. The minimum Gasteiger partial charge on any atom is -0.375 e. The minimum atomic E-state index is -3.40. The number of halogens is 1. The SMILES string of the molecule is O=S(=O)(Cl)C1CCOC2(CCCC2)C1. The summed E-state index contributed by atoms with van der Waals surface area (Å²) in [6.45, 7) is 0.538. The molecule has 1 atom stereocenters. The molecular weight excluding hydrogens is 224 g/mol. The minimum absolute atomic E-state index is 0.162. The first-order valence-corrected chi connectivity index (χ1v) is 7.47. The molecule has 0 bridgehead atoms. The Bertz CT molecular complexity index is 306. The van der Waals surface area contributed by atoms with Gasteiger partial charge in [0.05, 0.1) is 10.9 Å². The summed E-state index contributed by atoms with van der Waals surface area (Å²) in [5, 5.41) is -0.393. The first-order chi connectivity index (χ1) is 6.52. The molecule has 1 saturated carbocycles. The van der Waals surface area contributed by atoms with Crippen molar-refractivity contribution in [3.63, 3.8) is 0 Å². The number of hydrogen-bond acceptors (Lipinski definition) is 3. The van der Waals surface area contributed by atoms with Gasteiger partial charge in [0.2, 0.25) is 9.05 Å². The summed E-state index contributed by atoms with van der Waals surface area (Å²) in [5.74, 6) is 0. The third kappa shape index (κ3) is 2.07. The van der Waals surface area contributed by atoms with E-state index in [9.17, 15) is 8.42 Å². The number of ether oxygens (including phenoxy) is 1. The van der Waals surface area contributed by atoms with E-state index in [1.54, 1.807) is 0 Å².